The first-order chi connectivity index (χ1) is 17.7. The molecule has 3 amide bonds. The van der Waals surface area contributed by atoms with Gasteiger partial charge in [0.05, 0.1) is 11.3 Å². The van der Waals surface area contributed by atoms with Gasteiger partial charge in [-0.2, -0.15) is 0 Å². The number of urea groups is 1. The molecule has 8 heteroatoms. The van der Waals surface area contributed by atoms with Crippen molar-refractivity contribution < 1.29 is 9.59 Å². The SMILES string of the molecule is CC(C)(C)c1cc(NC(=O)Nc2cccc(Nc3ccc4c(c3)NC(=O)/C4=C\c3ccc[nH]3)c2)ccn1. The van der Waals surface area contributed by atoms with E-state index in [4.69, 9.17) is 0 Å². The molecule has 3 heterocycles. The number of nitrogens with one attached hydrogen (secondary N) is 5. The summed E-state index contributed by atoms with van der Waals surface area (Å²) in [7, 11) is 0. The Bertz CT molecular complexity index is 1500. The summed E-state index contributed by atoms with van der Waals surface area (Å²) in [6, 6.07) is 20.3. The number of fused-ring (bicyclic) bond motifs is 1. The number of rotatable bonds is 5. The molecule has 4 aromatic rings. The molecule has 1 aliphatic heterocycles. The molecule has 5 rings (SSSR count). The molecule has 0 spiro atoms. The van der Waals surface area contributed by atoms with Gasteiger partial charge in [0, 0.05) is 57.5 Å². The third-order valence-corrected chi connectivity index (χ3v) is 5.92. The highest BCUT2D eigenvalue weighted by Gasteiger charge is 2.24. The summed E-state index contributed by atoms with van der Waals surface area (Å²) in [5.74, 6) is -0.136. The third kappa shape index (κ3) is 5.54. The van der Waals surface area contributed by atoms with Crippen LogP contribution in [0, 0.1) is 0 Å². The Balaban J connectivity index is 1.26. The number of aromatic nitrogens is 2. The van der Waals surface area contributed by atoms with Crippen molar-refractivity contribution in [3.8, 4) is 0 Å². The Morgan fingerprint density at radius 3 is 2.41 bits per heavy atom. The van der Waals surface area contributed by atoms with E-state index in [0.29, 0.717) is 16.9 Å². The van der Waals surface area contributed by atoms with Gasteiger partial charge in [-0.25, -0.2) is 4.79 Å². The van der Waals surface area contributed by atoms with Gasteiger partial charge in [0.15, 0.2) is 0 Å². The molecule has 1 aliphatic rings. The van der Waals surface area contributed by atoms with Gasteiger partial charge in [-0.15, -0.1) is 0 Å². The smallest absolute Gasteiger partial charge is 0.323 e. The number of carbonyl (C=O) groups is 2. The molecule has 0 atom stereocenters. The lowest BCUT2D eigenvalue weighted by Gasteiger charge is -2.18. The van der Waals surface area contributed by atoms with Crippen LogP contribution in [0.1, 0.15) is 37.7 Å². The van der Waals surface area contributed by atoms with Crippen LogP contribution >= 0.6 is 0 Å². The Kier molecular flexibility index (Phi) is 6.23. The maximum Gasteiger partial charge on any atom is 0.323 e. The first kappa shape index (κ1) is 23.9. The van der Waals surface area contributed by atoms with Crippen LogP contribution in [0.5, 0.6) is 0 Å². The quantitative estimate of drug-likeness (QED) is 0.202. The van der Waals surface area contributed by atoms with Crippen LogP contribution in [-0.4, -0.2) is 21.9 Å². The number of nitrogens with zero attached hydrogens (tertiary/aromatic N) is 1. The Morgan fingerprint density at radius 2 is 1.65 bits per heavy atom. The highest BCUT2D eigenvalue weighted by atomic mass is 16.2. The first-order valence-electron chi connectivity index (χ1n) is 12.0. The van der Waals surface area contributed by atoms with E-state index >= 15 is 0 Å². The molecule has 186 valence electrons. The second kappa shape index (κ2) is 9.66. The van der Waals surface area contributed by atoms with Crippen LogP contribution in [0.4, 0.5) is 33.2 Å². The van der Waals surface area contributed by atoms with Crippen molar-refractivity contribution in [3.05, 3.63) is 96.1 Å². The molecular formula is C29H28N6O2. The summed E-state index contributed by atoms with van der Waals surface area (Å²) in [4.78, 5) is 32.6. The van der Waals surface area contributed by atoms with E-state index in [1.165, 1.54) is 0 Å². The molecule has 5 N–H and O–H groups in total. The summed E-state index contributed by atoms with van der Waals surface area (Å²) < 4.78 is 0. The minimum Gasteiger partial charge on any atom is -0.362 e. The molecule has 0 bridgehead atoms. The van der Waals surface area contributed by atoms with Crippen molar-refractivity contribution in [3.63, 3.8) is 0 Å². The standard InChI is InChI=1S/C29H28N6O2/c1-29(2,3)26-17-22(11-13-31-26)34-28(37)33-20-7-4-6-19(14-20)32-21-9-10-23-24(15-18-8-5-12-30-18)27(36)35-25(23)16-21/h4-17,30,32H,1-3H3,(H,35,36)(H2,31,33,34,37)/b24-15-. The van der Waals surface area contributed by atoms with E-state index in [9.17, 15) is 9.59 Å². The molecule has 2 aromatic carbocycles. The highest BCUT2D eigenvalue weighted by molar-refractivity contribution is 6.35. The van der Waals surface area contributed by atoms with Crippen LogP contribution in [0.3, 0.4) is 0 Å². The van der Waals surface area contributed by atoms with Gasteiger partial charge < -0.3 is 26.3 Å². The number of H-pyrrole nitrogens is 1. The fraction of sp³-hybridized carbons (Fsp3) is 0.138. The average molecular weight is 493 g/mol. The number of amides is 3. The predicted octanol–water partition coefficient (Wildman–Crippen LogP) is 6.59. The molecular weight excluding hydrogens is 464 g/mol. The number of carbonyl (C=O) groups excluding carboxylic acids is 2. The fourth-order valence-corrected chi connectivity index (χ4v) is 4.06. The van der Waals surface area contributed by atoms with Crippen LogP contribution in [0.15, 0.2) is 79.1 Å². The molecule has 0 saturated carbocycles. The Hall–Kier alpha value is -4.85. The largest absolute Gasteiger partial charge is 0.362 e. The van der Waals surface area contributed by atoms with E-state index in [2.05, 4.69) is 52.0 Å². The van der Waals surface area contributed by atoms with E-state index in [1.54, 1.807) is 12.3 Å². The summed E-state index contributed by atoms with van der Waals surface area (Å²) in [6.07, 6.45) is 5.35. The van der Waals surface area contributed by atoms with Gasteiger partial charge in [-0.3, -0.25) is 9.78 Å². The molecule has 0 radical (unpaired) electrons. The molecule has 0 fully saturated rings. The van der Waals surface area contributed by atoms with E-state index in [1.807, 2.05) is 72.9 Å². The van der Waals surface area contributed by atoms with Gasteiger partial charge in [-0.05, 0) is 60.7 Å². The molecule has 0 saturated heterocycles. The zero-order valence-corrected chi connectivity index (χ0v) is 20.8. The van der Waals surface area contributed by atoms with Crippen LogP contribution in [-0.2, 0) is 10.2 Å². The number of aromatic amines is 1. The number of benzene rings is 2. The minimum absolute atomic E-state index is 0.116. The molecule has 0 aliphatic carbocycles. The van der Waals surface area contributed by atoms with Crippen molar-refractivity contribution in [2.24, 2.45) is 0 Å². The normalized spacial score (nSPS) is 13.7. The third-order valence-electron chi connectivity index (χ3n) is 5.92. The lowest BCUT2D eigenvalue weighted by Crippen LogP contribution is -2.20. The highest BCUT2D eigenvalue weighted by Crippen LogP contribution is 2.35. The van der Waals surface area contributed by atoms with Gasteiger partial charge in [0.25, 0.3) is 5.91 Å². The number of hydrogen-bond acceptors (Lipinski definition) is 4. The summed E-state index contributed by atoms with van der Waals surface area (Å²) in [5.41, 5.74) is 6.78. The zero-order chi connectivity index (χ0) is 26.0. The lowest BCUT2D eigenvalue weighted by molar-refractivity contribution is -0.110. The maximum atomic E-state index is 12.6. The molecule has 8 nitrogen and oxygen atoms in total. The van der Waals surface area contributed by atoms with Gasteiger partial charge in [-0.1, -0.05) is 32.9 Å². The lowest BCUT2D eigenvalue weighted by atomic mass is 9.91. The second-order valence-corrected chi connectivity index (χ2v) is 9.86. The van der Waals surface area contributed by atoms with E-state index < -0.39 is 0 Å². The summed E-state index contributed by atoms with van der Waals surface area (Å²) in [5, 5.41) is 12.0. The Labute approximate surface area is 215 Å². The van der Waals surface area contributed by atoms with Crippen LogP contribution < -0.4 is 21.3 Å². The van der Waals surface area contributed by atoms with Crippen molar-refractivity contribution >= 4 is 52.0 Å². The summed E-state index contributed by atoms with van der Waals surface area (Å²) in [6.45, 7) is 6.23. The van der Waals surface area contributed by atoms with E-state index in [-0.39, 0.29) is 17.4 Å². The number of pyridine rings is 1. The van der Waals surface area contributed by atoms with Crippen molar-refractivity contribution in [1.29, 1.82) is 0 Å². The fourth-order valence-electron chi connectivity index (χ4n) is 4.06. The summed E-state index contributed by atoms with van der Waals surface area (Å²) >= 11 is 0. The van der Waals surface area contributed by atoms with Gasteiger partial charge in [0.2, 0.25) is 0 Å². The van der Waals surface area contributed by atoms with Crippen molar-refractivity contribution in [2.45, 2.75) is 26.2 Å². The molecule has 2 aromatic heterocycles. The monoisotopic (exact) mass is 492 g/mol. The molecule has 37 heavy (non-hydrogen) atoms. The van der Waals surface area contributed by atoms with Gasteiger partial charge >= 0.3 is 6.03 Å². The van der Waals surface area contributed by atoms with Crippen molar-refractivity contribution in [2.75, 3.05) is 21.3 Å². The number of hydrogen-bond donors (Lipinski definition) is 5. The maximum absolute atomic E-state index is 12.6. The van der Waals surface area contributed by atoms with Crippen molar-refractivity contribution in [1.82, 2.24) is 9.97 Å². The van der Waals surface area contributed by atoms with Crippen LogP contribution in [0.25, 0.3) is 11.6 Å². The predicted molar refractivity (Wildman–Crippen MR) is 149 cm³/mol. The zero-order valence-electron chi connectivity index (χ0n) is 20.8. The first-order valence-corrected chi connectivity index (χ1v) is 12.0. The Morgan fingerprint density at radius 1 is 0.892 bits per heavy atom. The molecule has 0 unspecified atom stereocenters. The average Bonchev–Trinajstić information content (AvgIpc) is 3.46. The van der Waals surface area contributed by atoms with E-state index in [0.717, 1.165) is 34.0 Å². The topological polar surface area (TPSA) is 111 Å². The minimum atomic E-state index is -0.343. The number of anilines is 5. The van der Waals surface area contributed by atoms with Gasteiger partial charge in [0.1, 0.15) is 0 Å². The van der Waals surface area contributed by atoms with Crippen LogP contribution in [0.2, 0.25) is 0 Å². The second-order valence-electron chi connectivity index (χ2n) is 9.86.